The molecule has 21 heavy (non-hydrogen) atoms. The Kier molecular flexibility index (Phi) is 5.27. The number of hydrogen-bond donors (Lipinski definition) is 2. The van der Waals surface area contributed by atoms with Gasteiger partial charge in [0, 0.05) is 19.9 Å². The van der Waals surface area contributed by atoms with E-state index in [0.717, 1.165) is 11.1 Å². The Morgan fingerprint density at radius 2 is 2.19 bits per heavy atom. The lowest BCUT2D eigenvalue weighted by Gasteiger charge is -2.20. The Morgan fingerprint density at radius 1 is 1.43 bits per heavy atom. The van der Waals surface area contributed by atoms with Crippen LogP contribution in [0, 0.1) is 0 Å². The minimum atomic E-state index is -1.46. The summed E-state index contributed by atoms with van der Waals surface area (Å²) in [5.41, 5.74) is 1.95. The van der Waals surface area contributed by atoms with E-state index in [1.54, 1.807) is 0 Å². The Bertz CT molecular complexity index is 521. The minimum absolute atomic E-state index is 0.180. The quantitative estimate of drug-likeness (QED) is 0.814. The first kappa shape index (κ1) is 15.4. The fourth-order valence-corrected chi connectivity index (χ4v) is 2.20. The molecule has 2 atom stereocenters. The van der Waals surface area contributed by atoms with Crippen molar-refractivity contribution in [3.05, 3.63) is 35.4 Å². The van der Waals surface area contributed by atoms with Crippen LogP contribution in [-0.4, -0.2) is 30.8 Å². The fraction of sp³-hybridized carbons (Fsp3) is 0.467. The number of halogens is 1. The summed E-state index contributed by atoms with van der Waals surface area (Å²) in [6.07, 6.45) is -0.678. The number of rotatable bonds is 1. The van der Waals surface area contributed by atoms with Gasteiger partial charge in [0.1, 0.15) is 6.04 Å². The van der Waals surface area contributed by atoms with Crippen molar-refractivity contribution in [3.63, 3.8) is 0 Å². The molecule has 2 N–H and O–H groups in total. The number of aryl methyl sites for hydroxylation is 1. The van der Waals surface area contributed by atoms with Crippen molar-refractivity contribution in [1.82, 2.24) is 10.6 Å². The Labute approximate surface area is 122 Å². The SMILES string of the molecule is CC(=O)NC1COC(F)CCc2cccc(c2)CNC1=O. The van der Waals surface area contributed by atoms with Crippen molar-refractivity contribution < 1.29 is 18.7 Å². The van der Waals surface area contributed by atoms with E-state index >= 15 is 0 Å². The molecule has 0 aliphatic carbocycles. The Hall–Kier alpha value is -1.95. The molecule has 2 unspecified atom stereocenters. The lowest BCUT2D eigenvalue weighted by molar-refractivity contribution is -0.132. The summed E-state index contributed by atoms with van der Waals surface area (Å²) >= 11 is 0. The largest absolute Gasteiger partial charge is 0.350 e. The molecule has 0 saturated carbocycles. The normalized spacial score (nSPS) is 23.4. The van der Waals surface area contributed by atoms with Gasteiger partial charge in [-0.15, -0.1) is 0 Å². The molecule has 114 valence electrons. The molecule has 0 saturated heterocycles. The van der Waals surface area contributed by atoms with Gasteiger partial charge in [-0.3, -0.25) is 9.59 Å². The summed E-state index contributed by atoms with van der Waals surface area (Å²) in [4.78, 5) is 23.2. The zero-order valence-corrected chi connectivity index (χ0v) is 11.9. The first-order valence-electron chi connectivity index (χ1n) is 6.93. The maximum atomic E-state index is 13.7. The average molecular weight is 294 g/mol. The number of amides is 2. The van der Waals surface area contributed by atoms with Gasteiger partial charge in [0.2, 0.25) is 11.8 Å². The minimum Gasteiger partial charge on any atom is -0.350 e. The highest BCUT2D eigenvalue weighted by Crippen LogP contribution is 2.12. The predicted octanol–water partition coefficient (Wildman–Crippen LogP) is 1.07. The molecule has 2 bridgehead atoms. The van der Waals surface area contributed by atoms with Crippen molar-refractivity contribution in [1.29, 1.82) is 0 Å². The number of hydrogen-bond acceptors (Lipinski definition) is 3. The first-order chi connectivity index (χ1) is 10.0. The lowest BCUT2D eigenvalue weighted by Crippen LogP contribution is -2.49. The van der Waals surface area contributed by atoms with E-state index in [2.05, 4.69) is 10.6 Å². The second kappa shape index (κ2) is 7.17. The predicted molar refractivity (Wildman–Crippen MR) is 75.1 cm³/mol. The molecular weight excluding hydrogens is 275 g/mol. The molecular formula is C15H19FN2O3. The van der Waals surface area contributed by atoms with Crippen LogP contribution in [0.25, 0.3) is 0 Å². The van der Waals surface area contributed by atoms with Crippen molar-refractivity contribution in [2.45, 2.75) is 38.7 Å². The summed E-state index contributed by atoms with van der Waals surface area (Å²) < 4.78 is 18.7. The van der Waals surface area contributed by atoms with E-state index in [0.29, 0.717) is 13.0 Å². The molecule has 2 rings (SSSR count). The van der Waals surface area contributed by atoms with E-state index in [1.165, 1.54) is 6.92 Å². The van der Waals surface area contributed by atoms with Gasteiger partial charge in [-0.1, -0.05) is 24.3 Å². The molecule has 5 nitrogen and oxygen atoms in total. The molecule has 1 heterocycles. The molecule has 6 heteroatoms. The molecule has 1 aliphatic heterocycles. The van der Waals surface area contributed by atoms with Crippen molar-refractivity contribution in [2.24, 2.45) is 0 Å². The average Bonchev–Trinajstić information content (AvgIpc) is 2.46. The molecule has 0 fully saturated rings. The maximum Gasteiger partial charge on any atom is 0.245 e. The summed E-state index contributed by atoms with van der Waals surface area (Å²) in [6.45, 7) is 1.49. The summed E-state index contributed by atoms with van der Waals surface area (Å²) in [7, 11) is 0. The summed E-state index contributed by atoms with van der Waals surface area (Å²) in [6, 6.07) is 6.74. The maximum absolute atomic E-state index is 13.7. The van der Waals surface area contributed by atoms with Crippen LogP contribution in [-0.2, 0) is 27.3 Å². The van der Waals surface area contributed by atoms with Crippen LogP contribution in [0.4, 0.5) is 4.39 Å². The van der Waals surface area contributed by atoms with Gasteiger partial charge in [-0.25, -0.2) is 4.39 Å². The number of carbonyl (C=O) groups excluding carboxylic acids is 2. The number of benzene rings is 1. The highest BCUT2D eigenvalue weighted by Gasteiger charge is 2.22. The Morgan fingerprint density at radius 3 is 2.95 bits per heavy atom. The van der Waals surface area contributed by atoms with Crippen molar-refractivity contribution in [3.8, 4) is 0 Å². The third-order valence-electron chi connectivity index (χ3n) is 3.26. The standard InChI is InChI=1S/C15H19FN2O3/c1-10(19)18-13-9-21-14(16)6-5-11-3-2-4-12(7-11)8-17-15(13)20/h2-4,7,13-14H,5-6,8-9H2,1H3,(H,17,20)(H,18,19). The van der Waals surface area contributed by atoms with Gasteiger partial charge in [-0.2, -0.15) is 0 Å². The molecule has 0 radical (unpaired) electrons. The van der Waals surface area contributed by atoms with Gasteiger partial charge in [0.25, 0.3) is 0 Å². The van der Waals surface area contributed by atoms with Crippen LogP contribution in [0.3, 0.4) is 0 Å². The number of ether oxygens (including phenoxy) is 1. The third kappa shape index (κ3) is 4.82. The van der Waals surface area contributed by atoms with Crippen LogP contribution in [0.2, 0.25) is 0 Å². The second-order valence-electron chi connectivity index (χ2n) is 5.07. The van der Waals surface area contributed by atoms with Gasteiger partial charge < -0.3 is 15.4 Å². The number of fused-ring (bicyclic) bond motifs is 2. The summed E-state index contributed by atoms with van der Waals surface area (Å²) in [5.74, 6) is -0.744. The van der Waals surface area contributed by atoms with E-state index < -0.39 is 12.4 Å². The van der Waals surface area contributed by atoms with Crippen LogP contribution >= 0.6 is 0 Å². The highest BCUT2D eigenvalue weighted by atomic mass is 19.1. The number of carbonyl (C=O) groups is 2. The second-order valence-corrected chi connectivity index (χ2v) is 5.07. The van der Waals surface area contributed by atoms with Crippen molar-refractivity contribution >= 4 is 11.8 Å². The van der Waals surface area contributed by atoms with Gasteiger partial charge in [0.15, 0.2) is 6.36 Å². The fourth-order valence-electron chi connectivity index (χ4n) is 2.20. The first-order valence-corrected chi connectivity index (χ1v) is 6.93. The molecule has 1 aliphatic rings. The van der Waals surface area contributed by atoms with Crippen LogP contribution in [0.1, 0.15) is 24.5 Å². The van der Waals surface area contributed by atoms with Gasteiger partial charge in [0.05, 0.1) is 6.61 Å². The van der Waals surface area contributed by atoms with Crippen molar-refractivity contribution in [2.75, 3.05) is 6.61 Å². The monoisotopic (exact) mass is 294 g/mol. The van der Waals surface area contributed by atoms with Gasteiger partial charge in [-0.05, 0) is 17.5 Å². The molecule has 1 aromatic rings. The molecule has 1 aromatic carbocycles. The molecule has 2 amide bonds. The highest BCUT2D eigenvalue weighted by molar-refractivity contribution is 5.86. The Balaban J connectivity index is 2.14. The zero-order valence-electron chi connectivity index (χ0n) is 11.9. The third-order valence-corrected chi connectivity index (χ3v) is 3.26. The van der Waals surface area contributed by atoms with Gasteiger partial charge >= 0.3 is 0 Å². The van der Waals surface area contributed by atoms with E-state index in [9.17, 15) is 14.0 Å². The van der Waals surface area contributed by atoms with Crippen LogP contribution in [0.15, 0.2) is 24.3 Å². The lowest BCUT2D eigenvalue weighted by atomic mass is 10.1. The number of alkyl halides is 1. The molecule has 0 aromatic heterocycles. The number of nitrogens with one attached hydrogen (secondary N) is 2. The van der Waals surface area contributed by atoms with E-state index in [-0.39, 0.29) is 24.8 Å². The molecule has 0 spiro atoms. The van der Waals surface area contributed by atoms with E-state index in [4.69, 9.17) is 4.74 Å². The van der Waals surface area contributed by atoms with Crippen LogP contribution < -0.4 is 10.6 Å². The zero-order chi connectivity index (χ0) is 15.2. The summed E-state index contributed by atoms with van der Waals surface area (Å²) in [5, 5.41) is 5.19. The smallest absolute Gasteiger partial charge is 0.245 e. The topological polar surface area (TPSA) is 67.4 Å². The van der Waals surface area contributed by atoms with E-state index in [1.807, 2.05) is 24.3 Å². The van der Waals surface area contributed by atoms with Crippen LogP contribution in [0.5, 0.6) is 0 Å².